The summed E-state index contributed by atoms with van der Waals surface area (Å²) in [6, 6.07) is 3.39. The van der Waals surface area contributed by atoms with E-state index in [0.29, 0.717) is 11.5 Å². The van der Waals surface area contributed by atoms with Gasteiger partial charge in [-0.2, -0.15) is 0 Å². The predicted octanol–water partition coefficient (Wildman–Crippen LogP) is 3.58. The molecule has 0 heterocycles. The first-order valence-corrected chi connectivity index (χ1v) is 6.86. The van der Waals surface area contributed by atoms with E-state index in [2.05, 4.69) is 18.8 Å². The van der Waals surface area contributed by atoms with Crippen molar-refractivity contribution in [2.24, 2.45) is 5.92 Å². The van der Waals surface area contributed by atoms with Crippen LogP contribution in [-0.2, 0) is 0 Å². The van der Waals surface area contributed by atoms with Gasteiger partial charge in [-0.1, -0.05) is 19.1 Å². The van der Waals surface area contributed by atoms with E-state index in [4.69, 9.17) is 0 Å². The second-order valence-electron chi connectivity index (χ2n) is 5.36. The van der Waals surface area contributed by atoms with E-state index >= 15 is 0 Å². The molecule has 0 bridgehead atoms. The van der Waals surface area contributed by atoms with Crippen molar-refractivity contribution < 1.29 is 13.9 Å². The standard InChI is InChI=1S/C16H23F2NO/c1-5-6-10(2)11(3)19-12(4)16(20)13-7-8-14(17)15(18)9-13/h5,7-12,16,19-20H,1,6H2,2-4H3. The maximum atomic E-state index is 13.2. The minimum absolute atomic E-state index is 0.183. The Hall–Kier alpha value is -1.26. The second-order valence-corrected chi connectivity index (χ2v) is 5.36. The molecule has 20 heavy (non-hydrogen) atoms. The van der Waals surface area contributed by atoms with E-state index in [1.807, 2.05) is 19.9 Å². The maximum absolute atomic E-state index is 13.2. The van der Waals surface area contributed by atoms with Gasteiger partial charge in [0.25, 0.3) is 0 Å². The summed E-state index contributed by atoms with van der Waals surface area (Å²) in [5.41, 5.74) is 0.368. The molecule has 4 atom stereocenters. The van der Waals surface area contributed by atoms with E-state index in [1.54, 1.807) is 0 Å². The molecule has 0 spiro atoms. The molecule has 4 heteroatoms. The van der Waals surface area contributed by atoms with Crippen LogP contribution in [-0.4, -0.2) is 17.2 Å². The van der Waals surface area contributed by atoms with Crippen molar-refractivity contribution in [1.82, 2.24) is 5.32 Å². The van der Waals surface area contributed by atoms with Gasteiger partial charge in [-0.15, -0.1) is 6.58 Å². The zero-order valence-electron chi connectivity index (χ0n) is 12.2. The molecule has 1 rings (SSSR count). The Labute approximate surface area is 119 Å². The molecule has 112 valence electrons. The van der Waals surface area contributed by atoms with Gasteiger partial charge >= 0.3 is 0 Å². The lowest BCUT2D eigenvalue weighted by Gasteiger charge is -2.28. The molecule has 1 aromatic rings. The van der Waals surface area contributed by atoms with Crippen molar-refractivity contribution in [3.63, 3.8) is 0 Å². The minimum atomic E-state index is -0.943. The molecule has 4 unspecified atom stereocenters. The first-order chi connectivity index (χ1) is 9.36. The number of rotatable bonds is 7. The molecular formula is C16H23F2NO. The molecule has 0 aliphatic heterocycles. The summed E-state index contributed by atoms with van der Waals surface area (Å²) >= 11 is 0. The fourth-order valence-electron chi connectivity index (χ4n) is 2.12. The zero-order valence-corrected chi connectivity index (χ0v) is 12.2. The number of hydrogen-bond donors (Lipinski definition) is 2. The Morgan fingerprint density at radius 3 is 2.40 bits per heavy atom. The largest absolute Gasteiger partial charge is 0.387 e. The summed E-state index contributed by atoms with van der Waals surface area (Å²) in [7, 11) is 0. The average Bonchev–Trinajstić information content (AvgIpc) is 2.41. The smallest absolute Gasteiger partial charge is 0.159 e. The number of nitrogens with one attached hydrogen (secondary N) is 1. The van der Waals surface area contributed by atoms with Crippen LogP contribution in [0, 0.1) is 17.6 Å². The van der Waals surface area contributed by atoms with Crippen LogP contribution in [0.1, 0.15) is 38.9 Å². The molecule has 2 N–H and O–H groups in total. The molecular weight excluding hydrogens is 260 g/mol. The van der Waals surface area contributed by atoms with Crippen LogP contribution in [0.2, 0.25) is 0 Å². The number of aliphatic hydroxyl groups excluding tert-OH is 1. The van der Waals surface area contributed by atoms with Gasteiger partial charge in [0.1, 0.15) is 0 Å². The van der Waals surface area contributed by atoms with Crippen molar-refractivity contribution in [2.75, 3.05) is 0 Å². The molecule has 1 aromatic carbocycles. The Balaban J connectivity index is 2.68. The maximum Gasteiger partial charge on any atom is 0.159 e. The van der Waals surface area contributed by atoms with E-state index in [9.17, 15) is 13.9 Å². The highest BCUT2D eigenvalue weighted by Crippen LogP contribution is 2.20. The summed E-state index contributed by atoms with van der Waals surface area (Å²) < 4.78 is 26.1. The van der Waals surface area contributed by atoms with Gasteiger partial charge in [-0.25, -0.2) is 8.78 Å². The molecule has 0 amide bonds. The number of halogens is 2. The Bertz CT molecular complexity index is 450. The lowest BCUT2D eigenvalue weighted by atomic mass is 9.97. The van der Waals surface area contributed by atoms with Crippen LogP contribution in [0.4, 0.5) is 8.78 Å². The average molecular weight is 283 g/mol. The van der Waals surface area contributed by atoms with Gasteiger partial charge < -0.3 is 10.4 Å². The molecule has 0 radical (unpaired) electrons. The molecule has 0 saturated heterocycles. The summed E-state index contributed by atoms with van der Waals surface area (Å²) in [5, 5.41) is 13.5. The third-order valence-electron chi connectivity index (χ3n) is 3.68. The summed E-state index contributed by atoms with van der Waals surface area (Å²) in [4.78, 5) is 0. The van der Waals surface area contributed by atoms with E-state index < -0.39 is 17.7 Å². The topological polar surface area (TPSA) is 32.3 Å². The second kappa shape index (κ2) is 7.50. The summed E-state index contributed by atoms with van der Waals surface area (Å²) in [6.07, 6.45) is 1.85. The lowest BCUT2D eigenvalue weighted by Crippen LogP contribution is -2.41. The van der Waals surface area contributed by atoms with Gasteiger partial charge in [0.2, 0.25) is 0 Å². The third-order valence-corrected chi connectivity index (χ3v) is 3.68. The molecule has 2 nitrogen and oxygen atoms in total. The van der Waals surface area contributed by atoms with E-state index in [1.165, 1.54) is 6.07 Å². The normalized spacial score (nSPS) is 17.3. The molecule has 0 aliphatic rings. The zero-order chi connectivity index (χ0) is 15.3. The highest BCUT2D eigenvalue weighted by Gasteiger charge is 2.21. The summed E-state index contributed by atoms with van der Waals surface area (Å²) in [6.45, 7) is 9.65. The van der Waals surface area contributed by atoms with Crippen molar-refractivity contribution in [3.8, 4) is 0 Å². The minimum Gasteiger partial charge on any atom is -0.387 e. The fraction of sp³-hybridized carbons (Fsp3) is 0.500. The van der Waals surface area contributed by atoms with Gasteiger partial charge in [0.05, 0.1) is 6.10 Å². The highest BCUT2D eigenvalue weighted by molar-refractivity contribution is 5.21. The van der Waals surface area contributed by atoms with Crippen LogP contribution < -0.4 is 5.32 Å². The van der Waals surface area contributed by atoms with Crippen molar-refractivity contribution in [1.29, 1.82) is 0 Å². The number of benzene rings is 1. The van der Waals surface area contributed by atoms with Gasteiger partial charge in [-0.3, -0.25) is 0 Å². The number of hydrogen-bond acceptors (Lipinski definition) is 2. The van der Waals surface area contributed by atoms with Gasteiger partial charge in [0.15, 0.2) is 11.6 Å². The Kier molecular flexibility index (Phi) is 6.30. The van der Waals surface area contributed by atoms with E-state index in [-0.39, 0.29) is 12.1 Å². The van der Waals surface area contributed by atoms with Crippen molar-refractivity contribution in [3.05, 3.63) is 48.1 Å². The molecule has 0 fully saturated rings. The van der Waals surface area contributed by atoms with Gasteiger partial charge in [-0.05, 0) is 43.9 Å². The van der Waals surface area contributed by atoms with Gasteiger partial charge in [0, 0.05) is 12.1 Å². The first kappa shape index (κ1) is 16.8. The van der Waals surface area contributed by atoms with Crippen LogP contribution >= 0.6 is 0 Å². The van der Waals surface area contributed by atoms with Crippen LogP contribution in [0.25, 0.3) is 0 Å². The Morgan fingerprint density at radius 2 is 1.85 bits per heavy atom. The monoisotopic (exact) mass is 283 g/mol. The number of aliphatic hydroxyl groups is 1. The van der Waals surface area contributed by atoms with Crippen LogP contribution in [0.5, 0.6) is 0 Å². The highest BCUT2D eigenvalue weighted by atomic mass is 19.2. The molecule has 0 aromatic heterocycles. The van der Waals surface area contributed by atoms with Crippen LogP contribution in [0.15, 0.2) is 30.9 Å². The van der Waals surface area contributed by atoms with Crippen molar-refractivity contribution in [2.45, 2.75) is 45.4 Å². The molecule has 0 aliphatic carbocycles. The van der Waals surface area contributed by atoms with Crippen LogP contribution in [0.3, 0.4) is 0 Å². The first-order valence-electron chi connectivity index (χ1n) is 6.86. The third kappa shape index (κ3) is 4.39. The Morgan fingerprint density at radius 1 is 1.20 bits per heavy atom. The quantitative estimate of drug-likeness (QED) is 0.750. The predicted molar refractivity (Wildman–Crippen MR) is 77.4 cm³/mol. The van der Waals surface area contributed by atoms with Crippen molar-refractivity contribution >= 4 is 0 Å². The fourth-order valence-corrected chi connectivity index (χ4v) is 2.12. The summed E-state index contributed by atoms with van der Waals surface area (Å²) in [5.74, 6) is -1.47. The molecule has 0 saturated carbocycles. The SMILES string of the molecule is C=CCC(C)C(C)NC(C)C(O)c1ccc(F)c(F)c1. The van der Waals surface area contributed by atoms with E-state index in [0.717, 1.165) is 18.6 Å². The lowest BCUT2D eigenvalue weighted by molar-refractivity contribution is 0.125. The number of allylic oxidation sites excluding steroid dienone is 1.